The van der Waals surface area contributed by atoms with Crippen LogP contribution in [0.4, 0.5) is 17.1 Å². The maximum absolute atomic E-state index is 12.4. The third-order valence-corrected chi connectivity index (χ3v) is 5.91. The van der Waals surface area contributed by atoms with E-state index in [2.05, 4.69) is 33.7 Å². The fraction of sp³-hybridized carbons (Fsp3) is 0.208. The fourth-order valence-electron chi connectivity index (χ4n) is 3.28. The molecule has 1 amide bonds. The topological polar surface area (TPSA) is 53.6 Å². The summed E-state index contributed by atoms with van der Waals surface area (Å²) in [7, 11) is 0. The molecule has 5 nitrogen and oxygen atoms in total. The highest BCUT2D eigenvalue weighted by atomic mass is 32.2. The Morgan fingerprint density at radius 1 is 0.900 bits per heavy atom. The third kappa shape index (κ3) is 5.55. The molecular weight excluding hydrogens is 394 g/mol. The first-order valence-electron chi connectivity index (χ1n) is 10.1. The summed E-state index contributed by atoms with van der Waals surface area (Å²) in [6.07, 6.45) is 0. The number of morpholine rings is 1. The molecule has 6 heteroatoms. The van der Waals surface area contributed by atoms with Crippen molar-refractivity contribution in [2.45, 2.75) is 9.79 Å². The van der Waals surface area contributed by atoms with Gasteiger partial charge in [-0.1, -0.05) is 42.1 Å². The summed E-state index contributed by atoms with van der Waals surface area (Å²) in [6, 6.07) is 26.2. The molecule has 1 fully saturated rings. The van der Waals surface area contributed by atoms with E-state index in [1.807, 2.05) is 60.7 Å². The van der Waals surface area contributed by atoms with Crippen molar-refractivity contribution in [3.63, 3.8) is 0 Å². The van der Waals surface area contributed by atoms with Crippen molar-refractivity contribution in [1.29, 1.82) is 0 Å². The molecule has 0 radical (unpaired) electrons. The molecule has 0 unspecified atom stereocenters. The number of nitrogens with zero attached hydrogens (tertiary/aromatic N) is 1. The normalized spacial score (nSPS) is 13.7. The average Bonchev–Trinajstić information content (AvgIpc) is 2.80. The van der Waals surface area contributed by atoms with Crippen LogP contribution in [0.25, 0.3) is 0 Å². The van der Waals surface area contributed by atoms with E-state index < -0.39 is 0 Å². The first-order chi connectivity index (χ1) is 14.8. The molecule has 154 valence electrons. The van der Waals surface area contributed by atoms with Gasteiger partial charge >= 0.3 is 0 Å². The summed E-state index contributed by atoms with van der Waals surface area (Å²) >= 11 is 1.68. The number of carbonyl (C=O) groups is 1. The lowest BCUT2D eigenvalue weighted by molar-refractivity contribution is -0.114. The van der Waals surface area contributed by atoms with E-state index in [9.17, 15) is 4.79 Å². The Morgan fingerprint density at radius 2 is 1.60 bits per heavy atom. The van der Waals surface area contributed by atoms with E-state index in [-0.39, 0.29) is 12.5 Å². The quantitative estimate of drug-likeness (QED) is 0.580. The second-order valence-electron chi connectivity index (χ2n) is 6.96. The standard InChI is InChI=1S/C24H25N3O2S/c28-24(26-19-10-12-20(13-11-19)27-14-16-29-17-15-27)18-25-22-8-4-5-9-23(22)30-21-6-2-1-3-7-21/h1-13,25H,14-18H2,(H,26,28). The zero-order chi connectivity index (χ0) is 20.6. The van der Waals surface area contributed by atoms with Gasteiger partial charge in [-0.25, -0.2) is 0 Å². The van der Waals surface area contributed by atoms with Crippen LogP contribution in [-0.4, -0.2) is 38.8 Å². The lowest BCUT2D eigenvalue weighted by Crippen LogP contribution is -2.36. The number of nitrogens with one attached hydrogen (secondary N) is 2. The SMILES string of the molecule is O=C(CNc1ccccc1Sc1ccccc1)Nc1ccc(N2CCOCC2)cc1. The molecule has 30 heavy (non-hydrogen) atoms. The Hall–Kier alpha value is -2.96. The minimum absolute atomic E-state index is 0.0753. The van der Waals surface area contributed by atoms with Gasteiger partial charge in [-0.2, -0.15) is 0 Å². The van der Waals surface area contributed by atoms with E-state index in [0.717, 1.165) is 53.2 Å². The van der Waals surface area contributed by atoms with Crippen LogP contribution < -0.4 is 15.5 Å². The number of amides is 1. The fourth-order valence-corrected chi connectivity index (χ4v) is 4.22. The molecule has 0 aliphatic carbocycles. The van der Waals surface area contributed by atoms with Gasteiger partial charge in [-0.05, 0) is 48.5 Å². The molecule has 1 aliphatic rings. The van der Waals surface area contributed by atoms with Crippen molar-refractivity contribution >= 4 is 34.7 Å². The number of benzene rings is 3. The van der Waals surface area contributed by atoms with Crippen molar-refractivity contribution < 1.29 is 9.53 Å². The Labute approximate surface area is 181 Å². The third-order valence-electron chi connectivity index (χ3n) is 4.82. The van der Waals surface area contributed by atoms with Crippen LogP contribution in [0.1, 0.15) is 0 Å². The van der Waals surface area contributed by atoms with E-state index >= 15 is 0 Å². The molecule has 3 aromatic rings. The number of carbonyl (C=O) groups excluding carboxylic acids is 1. The van der Waals surface area contributed by atoms with E-state index in [4.69, 9.17) is 4.74 Å². The molecule has 0 bridgehead atoms. The Bertz CT molecular complexity index is 958. The molecule has 2 N–H and O–H groups in total. The monoisotopic (exact) mass is 419 g/mol. The zero-order valence-electron chi connectivity index (χ0n) is 16.7. The molecule has 1 aliphatic heterocycles. The van der Waals surface area contributed by atoms with Gasteiger partial charge in [0.25, 0.3) is 0 Å². The van der Waals surface area contributed by atoms with Crippen LogP contribution in [0.3, 0.4) is 0 Å². The first-order valence-corrected chi connectivity index (χ1v) is 10.9. The van der Waals surface area contributed by atoms with Crippen LogP contribution in [0.2, 0.25) is 0 Å². The maximum atomic E-state index is 12.4. The number of anilines is 3. The van der Waals surface area contributed by atoms with Gasteiger partial charge in [0.15, 0.2) is 0 Å². The minimum Gasteiger partial charge on any atom is -0.378 e. The van der Waals surface area contributed by atoms with Gasteiger partial charge < -0.3 is 20.3 Å². The van der Waals surface area contributed by atoms with E-state index in [1.54, 1.807) is 11.8 Å². The second-order valence-corrected chi connectivity index (χ2v) is 8.07. The first kappa shape index (κ1) is 20.3. The van der Waals surface area contributed by atoms with Crippen LogP contribution >= 0.6 is 11.8 Å². The largest absolute Gasteiger partial charge is 0.378 e. The molecule has 0 aromatic heterocycles. The van der Waals surface area contributed by atoms with Crippen molar-refractivity contribution in [2.75, 3.05) is 48.4 Å². The van der Waals surface area contributed by atoms with Crippen LogP contribution in [0.15, 0.2) is 88.7 Å². The number of rotatable bonds is 7. The summed E-state index contributed by atoms with van der Waals surface area (Å²) < 4.78 is 5.40. The van der Waals surface area contributed by atoms with E-state index in [1.165, 1.54) is 0 Å². The molecule has 0 spiro atoms. The summed E-state index contributed by atoms with van der Waals surface area (Å²) in [6.45, 7) is 3.52. The summed E-state index contributed by atoms with van der Waals surface area (Å²) in [5.41, 5.74) is 2.90. The predicted molar refractivity (Wildman–Crippen MR) is 124 cm³/mol. The minimum atomic E-state index is -0.0753. The lowest BCUT2D eigenvalue weighted by Gasteiger charge is -2.28. The molecule has 1 heterocycles. The highest BCUT2D eigenvalue weighted by Crippen LogP contribution is 2.33. The van der Waals surface area contributed by atoms with Gasteiger partial charge in [0.05, 0.1) is 19.8 Å². The molecule has 4 rings (SSSR count). The van der Waals surface area contributed by atoms with Gasteiger partial charge in [0.2, 0.25) is 5.91 Å². The number of hydrogen-bond acceptors (Lipinski definition) is 5. The molecular formula is C24H25N3O2S. The highest BCUT2D eigenvalue weighted by molar-refractivity contribution is 7.99. The average molecular weight is 420 g/mol. The van der Waals surface area contributed by atoms with Gasteiger partial charge in [0.1, 0.15) is 0 Å². The molecule has 1 saturated heterocycles. The Kier molecular flexibility index (Phi) is 6.90. The van der Waals surface area contributed by atoms with Gasteiger partial charge in [0, 0.05) is 39.9 Å². The van der Waals surface area contributed by atoms with Crippen molar-refractivity contribution in [3.05, 3.63) is 78.9 Å². The summed E-state index contributed by atoms with van der Waals surface area (Å²) in [5.74, 6) is -0.0753. The van der Waals surface area contributed by atoms with Crippen molar-refractivity contribution in [2.24, 2.45) is 0 Å². The predicted octanol–water partition coefficient (Wildman–Crippen LogP) is 4.73. The molecule has 0 atom stereocenters. The summed E-state index contributed by atoms with van der Waals surface area (Å²) in [4.78, 5) is 17.0. The number of hydrogen-bond donors (Lipinski definition) is 2. The van der Waals surface area contributed by atoms with Crippen LogP contribution in [0.5, 0.6) is 0 Å². The van der Waals surface area contributed by atoms with Crippen molar-refractivity contribution in [1.82, 2.24) is 0 Å². The van der Waals surface area contributed by atoms with Crippen LogP contribution in [0, 0.1) is 0 Å². The zero-order valence-corrected chi connectivity index (χ0v) is 17.5. The summed E-state index contributed by atoms with van der Waals surface area (Å²) in [5, 5.41) is 6.22. The van der Waals surface area contributed by atoms with Crippen LogP contribution in [-0.2, 0) is 9.53 Å². The molecule has 0 saturated carbocycles. The van der Waals surface area contributed by atoms with Gasteiger partial charge in [-0.15, -0.1) is 0 Å². The Balaban J connectivity index is 1.32. The maximum Gasteiger partial charge on any atom is 0.243 e. The lowest BCUT2D eigenvalue weighted by atomic mass is 10.2. The Morgan fingerprint density at radius 3 is 2.37 bits per heavy atom. The molecule has 3 aromatic carbocycles. The highest BCUT2D eigenvalue weighted by Gasteiger charge is 2.11. The smallest absolute Gasteiger partial charge is 0.243 e. The number of para-hydroxylation sites is 1. The van der Waals surface area contributed by atoms with Crippen molar-refractivity contribution in [3.8, 4) is 0 Å². The van der Waals surface area contributed by atoms with Gasteiger partial charge in [-0.3, -0.25) is 4.79 Å². The second kappa shape index (κ2) is 10.2. The van der Waals surface area contributed by atoms with E-state index in [0.29, 0.717) is 0 Å². The number of ether oxygens (including phenoxy) is 1.